The summed E-state index contributed by atoms with van der Waals surface area (Å²) < 4.78 is 5.96. The molecule has 0 saturated heterocycles. The van der Waals surface area contributed by atoms with Crippen molar-refractivity contribution in [1.29, 1.82) is 0 Å². The maximum absolute atomic E-state index is 11.4. The Hall–Kier alpha value is -0.670. The summed E-state index contributed by atoms with van der Waals surface area (Å²) in [6.07, 6.45) is 4.99. The summed E-state index contributed by atoms with van der Waals surface area (Å²) in [7, 11) is 0. The first kappa shape index (κ1) is 16.4. The average molecular weight is 327 g/mol. The van der Waals surface area contributed by atoms with Crippen molar-refractivity contribution in [3.63, 3.8) is 0 Å². The molecule has 0 heterocycles. The molecule has 19 heavy (non-hydrogen) atoms. The van der Waals surface area contributed by atoms with Crippen LogP contribution in [0, 0.1) is 0 Å². The third-order valence-electron chi connectivity index (χ3n) is 3.10. The molecule has 1 unspecified atom stereocenters. The van der Waals surface area contributed by atoms with E-state index in [0.717, 1.165) is 25.7 Å². The lowest BCUT2D eigenvalue weighted by molar-refractivity contribution is -0.117. The fourth-order valence-electron chi connectivity index (χ4n) is 1.92. The molecule has 0 saturated carbocycles. The standard InChI is InChI=1S/C16H23BrO2/c1-2-3-9-16(11-10-15(18)12-17)19-13-14-7-5-4-6-8-14/h4-8,16H,2-3,9-13H2,1H3. The van der Waals surface area contributed by atoms with Gasteiger partial charge >= 0.3 is 0 Å². The predicted octanol–water partition coefficient (Wildman–Crippen LogP) is 4.51. The highest BCUT2D eigenvalue weighted by Crippen LogP contribution is 2.14. The van der Waals surface area contributed by atoms with Crippen molar-refractivity contribution in [3.05, 3.63) is 35.9 Å². The van der Waals surface area contributed by atoms with Crippen LogP contribution in [0.25, 0.3) is 0 Å². The first-order valence-corrected chi connectivity index (χ1v) is 8.11. The van der Waals surface area contributed by atoms with Gasteiger partial charge in [-0.25, -0.2) is 0 Å². The van der Waals surface area contributed by atoms with Crippen LogP contribution in [0.15, 0.2) is 30.3 Å². The minimum atomic E-state index is 0.197. The van der Waals surface area contributed by atoms with Gasteiger partial charge in [-0.3, -0.25) is 4.79 Å². The molecule has 106 valence electrons. The smallest absolute Gasteiger partial charge is 0.143 e. The number of alkyl halides is 1. The summed E-state index contributed by atoms with van der Waals surface area (Å²) in [5.74, 6) is 0.254. The molecule has 2 nitrogen and oxygen atoms in total. The lowest BCUT2D eigenvalue weighted by Crippen LogP contribution is -2.15. The number of halogens is 1. The molecule has 0 radical (unpaired) electrons. The second kappa shape index (κ2) is 10.2. The molecule has 3 heteroatoms. The summed E-state index contributed by atoms with van der Waals surface area (Å²) in [4.78, 5) is 11.4. The molecule has 0 N–H and O–H groups in total. The first-order valence-electron chi connectivity index (χ1n) is 6.99. The molecule has 0 aliphatic carbocycles. The van der Waals surface area contributed by atoms with Gasteiger partial charge in [-0.15, -0.1) is 0 Å². The number of benzene rings is 1. The summed E-state index contributed by atoms with van der Waals surface area (Å²) in [5, 5.41) is 0.451. The van der Waals surface area contributed by atoms with Crippen molar-refractivity contribution in [2.75, 3.05) is 5.33 Å². The Morgan fingerprint density at radius 2 is 2.00 bits per heavy atom. The normalized spacial score (nSPS) is 12.3. The number of hydrogen-bond acceptors (Lipinski definition) is 2. The van der Waals surface area contributed by atoms with Gasteiger partial charge in [0, 0.05) is 6.42 Å². The lowest BCUT2D eigenvalue weighted by atomic mass is 10.1. The first-order chi connectivity index (χ1) is 9.26. The van der Waals surface area contributed by atoms with Gasteiger partial charge in [0.1, 0.15) is 5.78 Å². The topological polar surface area (TPSA) is 26.3 Å². The number of unbranched alkanes of at least 4 members (excludes halogenated alkanes) is 1. The van der Waals surface area contributed by atoms with Gasteiger partial charge in [0.25, 0.3) is 0 Å². The largest absolute Gasteiger partial charge is 0.374 e. The number of ether oxygens (including phenoxy) is 1. The zero-order valence-electron chi connectivity index (χ0n) is 11.6. The van der Waals surface area contributed by atoms with Gasteiger partial charge in [0.15, 0.2) is 0 Å². The Morgan fingerprint density at radius 3 is 2.63 bits per heavy atom. The summed E-state index contributed by atoms with van der Waals surface area (Å²) in [5.41, 5.74) is 1.19. The summed E-state index contributed by atoms with van der Waals surface area (Å²) >= 11 is 3.20. The lowest BCUT2D eigenvalue weighted by Gasteiger charge is -2.17. The van der Waals surface area contributed by atoms with Crippen molar-refractivity contribution in [3.8, 4) is 0 Å². The van der Waals surface area contributed by atoms with E-state index in [2.05, 4.69) is 35.0 Å². The predicted molar refractivity (Wildman–Crippen MR) is 82.6 cm³/mol. The van der Waals surface area contributed by atoms with Gasteiger partial charge in [-0.2, -0.15) is 0 Å². The zero-order chi connectivity index (χ0) is 13.9. The number of carbonyl (C=O) groups excluding carboxylic acids is 1. The summed E-state index contributed by atoms with van der Waals surface area (Å²) in [6, 6.07) is 10.2. The molecule has 1 rings (SSSR count). The van der Waals surface area contributed by atoms with Gasteiger partial charge in [0.05, 0.1) is 18.0 Å². The highest BCUT2D eigenvalue weighted by molar-refractivity contribution is 9.09. The number of hydrogen-bond donors (Lipinski definition) is 0. The van der Waals surface area contributed by atoms with Gasteiger partial charge in [-0.05, 0) is 18.4 Å². The van der Waals surface area contributed by atoms with E-state index < -0.39 is 0 Å². The SMILES string of the molecule is CCCCC(CCC(=O)CBr)OCc1ccccc1. The Bertz CT molecular complexity index is 351. The van der Waals surface area contributed by atoms with Crippen LogP contribution in [-0.2, 0) is 16.1 Å². The molecule has 1 aromatic rings. The second-order valence-corrected chi connectivity index (χ2v) is 5.33. The van der Waals surface area contributed by atoms with E-state index in [9.17, 15) is 4.79 Å². The highest BCUT2D eigenvalue weighted by atomic mass is 79.9. The minimum Gasteiger partial charge on any atom is -0.374 e. The molecule has 0 aromatic heterocycles. The van der Waals surface area contributed by atoms with Crippen LogP contribution in [0.1, 0.15) is 44.6 Å². The number of rotatable bonds is 10. The van der Waals surface area contributed by atoms with E-state index >= 15 is 0 Å². The Morgan fingerprint density at radius 1 is 1.26 bits per heavy atom. The van der Waals surface area contributed by atoms with E-state index in [1.807, 2.05) is 18.2 Å². The Balaban J connectivity index is 2.37. The van der Waals surface area contributed by atoms with Crippen LogP contribution in [0.4, 0.5) is 0 Å². The van der Waals surface area contributed by atoms with Crippen molar-refractivity contribution < 1.29 is 9.53 Å². The molecule has 0 amide bonds. The quantitative estimate of drug-likeness (QED) is 0.591. The molecule has 0 aliphatic heterocycles. The molecule has 0 fully saturated rings. The summed E-state index contributed by atoms with van der Waals surface area (Å²) in [6.45, 7) is 2.82. The van der Waals surface area contributed by atoms with Crippen LogP contribution in [0.3, 0.4) is 0 Å². The zero-order valence-corrected chi connectivity index (χ0v) is 13.2. The van der Waals surface area contributed by atoms with Crippen LogP contribution in [0.2, 0.25) is 0 Å². The van der Waals surface area contributed by atoms with Crippen LogP contribution < -0.4 is 0 Å². The van der Waals surface area contributed by atoms with Crippen molar-refractivity contribution in [2.45, 2.75) is 51.7 Å². The molecular formula is C16H23BrO2. The molecule has 1 atom stereocenters. The number of Topliss-reactive ketones (excluding diaryl/α,β-unsaturated/α-hetero) is 1. The van der Waals surface area contributed by atoms with E-state index in [1.54, 1.807) is 0 Å². The third kappa shape index (κ3) is 7.48. The Labute approximate surface area is 124 Å². The van der Waals surface area contributed by atoms with Crippen LogP contribution in [-0.4, -0.2) is 17.2 Å². The molecular weight excluding hydrogens is 304 g/mol. The average Bonchev–Trinajstić information content (AvgIpc) is 2.47. The van der Waals surface area contributed by atoms with E-state index in [1.165, 1.54) is 5.56 Å². The Kier molecular flexibility index (Phi) is 8.76. The second-order valence-electron chi connectivity index (χ2n) is 4.77. The molecule has 1 aromatic carbocycles. The molecule has 0 aliphatic rings. The third-order valence-corrected chi connectivity index (χ3v) is 3.73. The van der Waals surface area contributed by atoms with Crippen molar-refractivity contribution >= 4 is 21.7 Å². The fourth-order valence-corrected chi connectivity index (χ4v) is 2.20. The molecule has 0 bridgehead atoms. The number of carbonyl (C=O) groups is 1. The molecule has 0 spiro atoms. The van der Waals surface area contributed by atoms with Crippen LogP contribution in [0.5, 0.6) is 0 Å². The fraction of sp³-hybridized carbons (Fsp3) is 0.562. The van der Waals surface area contributed by atoms with Gasteiger partial charge in [-0.1, -0.05) is 66.0 Å². The van der Waals surface area contributed by atoms with Crippen molar-refractivity contribution in [1.82, 2.24) is 0 Å². The maximum atomic E-state index is 11.4. The van der Waals surface area contributed by atoms with Crippen LogP contribution >= 0.6 is 15.9 Å². The van der Waals surface area contributed by atoms with E-state index in [-0.39, 0.29) is 11.9 Å². The van der Waals surface area contributed by atoms with Gasteiger partial charge in [0.2, 0.25) is 0 Å². The maximum Gasteiger partial charge on any atom is 0.143 e. The monoisotopic (exact) mass is 326 g/mol. The van der Waals surface area contributed by atoms with Crippen molar-refractivity contribution in [2.24, 2.45) is 0 Å². The minimum absolute atomic E-state index is 0.197. The van der Waals surface area contributed by atoms with E-state index in [4.69, 9.17) is 4.74 Å². The van der Waals surface area contributed by atoms with E-state index in [0.29, 0.717) is 18.4 Å². The highest BCUT2D eigenvalue weighted by Gasteiger charge is 2.11. The van der Waals surface area contributed by atoms with Gasteiger partial charge < -0.3 is 4.74 Å². The number of ketones is 1.